The molecule has 2 amide bonds. The smallest absolute Gasteiger partial charge is 0.410 e. The lowest BCUT2D eigenvalue weighted by atomic mass is 10.0. The van der Waals surface area contributed by atoms with E-state index in [0.29, 0.717) is 43.0 Å². The Hall–Kier alpha value is -4.09. The number of carbonyl (C=O) groups excluding carboxylic acids is 2. The van der Waals surface area contributed by atoms with Gasteiger partial charge in [-0.25, -0.2) is 4.79 Å². The van der Waals surface area contributed by atoms with Crippen molar-refractivity contribution in [3.05, 3.63) is 53.1 Å². The summed E-state index contributed by atoms with van der Waals surface area (Å²) in [6.45, 7) is 6.67. The van der Waals surface area contributed by atoms with Crippen LogP contribution in [0.2, 0.25) is 0 Å². The van der Waals surface area contributed by atoms with E-state index in [1.165, 1.54) is 0 Å². The van der Waals surface area contributed by atoms with Gasteiger partial charge in [0.25, 0.3) is 11.8 Å². The molecule has 12 heteroatoms. The molecule has 0 unspecified atom stereocenters. The number of nitrogens with zero attached hydrogens (tertiary/aromatic N) is 6. The summed E-state index contributed by atoms with van der Waals surface area (Å²) >= 11 is 0. The zero-order valence-corrected chi connectivity index (χ0v) is 20.9. The van der Waals surface area contributed by atoms with Crippen molar-refractivity contribution in [3.63, 3.8) is 0 Å². The van der Waals surface area contributed by atoms with Gasteiger partial charge in [-0.1, -0.05) is 12.1 Å². The highest BCUT2D eigenvalue weighted by Crippen LogP contribution is 2.36. The predicted molar refractivity (Wildman–Crippen MR) is 129 cm³/mol. The Morgan fingerprint density at radius 1 is 1.19 bits per heavy atom. The molecule has 10 nitrogen and oxygen atoms in total. The highest BCUT2D eigenvalue weighted by atomic mass is 19.3. The highest BCUT2D eigenvalue weighted by molar-refractivity contribution is 6.11. The number of alkyl halides is 2. The van der Waals surface area contributed by atoms with Crippen LogP contribution in [0.4, 0.5) is 19.4 Å². The van der Waals surface area contributed by atoms with Crippen LogP contribution in [0.5, 0.6) is 0 Å². The van der Waals surface area contributed by atoms with E-state index >= 15 is 0 Å². The van der Waals surface area contributed by atoms with Crippen molar-refractivity contribution >= 4 is 23.4 Å². The molecule has 0 spiro atoms. The van der Waals surface area contributed by atoms with Gasteiger partial charge in [-0.05, 0) is 50.5 Å². The zero-order chi connectivity index (χ0) is 26.5. The van der Waals surface area contributed by atoms with Gasteiger partial charge in [-0.3, -0.25) is 14.4 Å². The Morgan fingerprint density at radius 3 is 2.62 bits per heavy atom. The van der Waals surface area contributed by atoms with Crippen LogP contribution in [-0.2, 0) is 18.3 Å². The average molecular weight is 513 g/mol. The van der Waals surface area contributed by atoms with Gasteiger partial charge in [0.05, 0.1) is 6.54 Å². The summed E-state index contributed by atoms with van der Waals surface area (Å²) in [6, 6.07) is 4.98. The second-order valence-corrected chi connectivity index (χ2v) is 9.96. The van der Waals surface area contributed by atoms with Gasteiger partial charge in [-0.15, -0.1) is 10.2 Å². The quantitative estimate of drug-likeness (QED) is 0.503. The SMILES string of the molecule is Cn1cc(C2=CCN(C(=O)OC(C)(C)C)CC2)c(N2Cc3ccc(-c4nnc(C(F)F)o4)cc3C2=O)n1. The number of anilines is 1. The molecule has 2 aliphatic rings. The minimum absolute atomic E-state index is 0.0789. The number of ether oxygens (including phenoxy) is 1. The molecule has 0 aliphatic carbocycles. The van der Waals surface area contributed by atoms with Crippen LogP contribution >= 0.6 is 0 Å². The monoisotopic (exact) mass is 512 g/mol. The fourth-order valence-electron chi connectivity index (χ4n) is 4.35. The number of benzene rings is 1. The third-order valence-corrected chi connectivity index (χ3v) is 6.06. The number of fused-ring (bicyclic) bond motifs is 1. The summed E-state index contributed by atoms with van der Waals surface area (Å²) < 4.78 is 37.8. The van der Waals surface area contributed by atoms with E-state index in [1.807, 2.05) is 33.0 Å². The van der Waals surface area contributed by atoms with Crippen molar-refractivity contribution in [1.29, 1.82) is 0 Å². The van der Waals surface area contributed by atoms with Gasteiger partial charge in [0.2, 0.25) is 5.89 Å². The molecule has 0 saturated heterocycles. The second kappa shape index (κ2) is 9.09. The van der Waals surface area contributed by atoms with Gasteiger partial charge in [0, 0.05) is 43.0 Å². The molecule has 0 radical (unpaired) electrons. The fourth-order valence-corrected chi connectivity index (χ4v) is 4.35. The molecule has 3 aromatic rings. The minimum Gasteiger partial charge on any atom is -0.444 e. The van der Waals surface area contributed by atoms with Crippen LogP contribution in [0.25, 0.3) is 17.0 Å². The van der Waals surface area contributed by atoms with Crippen LogP contribution < -0.4 is 4.90 Å². The van der Waals surface area contributed by atoms with Crippen molar-refractivity contribution in [2.75, 3.05) is 18.0 Å². The van der Waals surface area contributed by atoms with E-state index in [-0.39, 0.29) is 17.9 Å². The first-order chi connectivity index (χ1) is 17.5. The molecule has 194 valence electrons. The van der Waals surface area contributed by atoms with E-state index < -0.39 is 17.9 Å². The largest absolute Gasteiger partial charge is 0.444 e. The van der Waals surface area contributed by atoms with Crippen LogP contribution in [0.3, 0.4) is 0 Å². The topological polar surface area (TPSA) is 107 Å². The Labute approximate surface area is 211 Å². The molecule has 0 N–H and O–H groups in total. The van der Waals surface area contributed by atoms with Crippen LogP contribution in [-0.4, -0.2) is 55.6 Å². The molecule has 0 atom stereocenters. The summed E-state index contributed by atoms with van der Waals surface area (Å²) in [6.07, 6.45) is 1.16. The molecule has 0 saturated carbocycles. The Kier molecular flexibility index (Phi) is 6.04. The van der Waals surface area contributed by atoms with Gasteiger partial charge in [0.1, 0.15) is 5.60 Å². The Bertz CT molecular complexity index is 1400. The number of carbonyl (C=O) groups is 2. The maximum absolute atomic E-state index is 13.4. The summed E-state index contributed by atoms with van der Waals surface area (Å²) in [5.74, 6) is -0.602. The number of halogens is 2. The van der Waals surface area contributed by atoms with E-state index in [0.717, 1.165) is 16.7 Å². The fraction of sp³-hybridized carbons (Fsp3) is 0.400. The lowest BCUT2D eigenvalue weighted by Crippen LogP contribution is -2.39. The molecule has 5 rings (SSSR count). The third-order valence-electron chi connectivity index (χ3n) is 6.06. The molecular formula is C25H26F2N6O4. The summed E-state index contributed by atoms with van der Waals surface area (Å²) in [7, 11) is 1.78. The van der Waals surface area contributed by atoms with Gasteiger partial charge < -0.3 is 14.1 Å². The molecular weight excluding hydrogens is 486 g/mol. The van der Waals surface area contributed by atoms with Gasteiger partial charge in [-0.2, -0.15) is 13.9 Å². The standard InChI is InChI=1S/C25H26F2N6O4/c1-25(2,3)37-24(35)32-9-7-14(8-10-32)18-13-31(4)30-20(18)33-12-16-6-5-15(11-17(16)23(33)34)21-28-29-22(36-21)19(26)27/h5-7,11,13,19H,8-10,12H2,1-4H3. The molecule has 2 aliphatic heterocycles. The van der Waals surface area contributed by atoms with Gasteiger partial charge in [0.15, 0.2) is 5.82 Å². The number of rotatable bonds is 4. The van der Waals surface area contributed by atoms with E-state index in [9.17, 15) is 18.4 Å². The Balaban J connectivity index is 1.38. The Morgan fingerprint density at radius 2 is 1.97 bits per heavy atom. The van der Waals surface area contributed by atoms with Crippen molar-refractivity contribution in [1.82, 2.24) is 24.9 Å². The first kappa shape index (κ1) is 24.6. The summed E-state index contributed by atoms with van der Waals surface area (Å²) in [5.41, 5.74) is 2.79. The number of aryl methyl sites for hydroxylation is 1. The van der Waals surface area contributed by atoms with Crippen LogP contribution in [0.15, 0.2) is 34.9 Å². The van der Waals surface area contributed by atoms with Crippen LogP contribution in [0.1, 0.15) is 61.0 Å². The zero-order valence-electron chi connectivity index (χ0n) is 20.9. The average Bonchev–Trinajstić information content (AvgIpc) is 3.55. The maximum atomic E-state index is 13.4. The number of hydrogen-bond acceptors (Lipinski definition) is 7. The molecule has 0 fully saturated rings. The van der Waals surface area contributed by atoms with Crippen molar-refractivity contribution < 1.29 is 27.5 Å². The number of hydrogen-bond donors (Lipinski definition) is 0. The normalized spacial score (nSPS) is 15.9. The lowest BCUT2D eigenvalue weighted by Gasteiger charge is -2.29. The number of amides is 2. The highest BCUT2D eigenvalue weighted by Gasteiger charge is 2.34. The van der Waals surface area contributed by atoms with Crippen molar-refractivity contribution in [2.45, 2.75) is 45.8 Å². The van der Waals surface area contributed by atoms with Crippen molar-refractivity contribution in [3.8, 4) is 11.5 Å². The van der Waals surface area contributed by atoms with E-state index in [4.69, 9.17) is 9.15 Å². The van der Waals surface area contributed by atoms with Crippen LogP contribution in [0, 0.1) is 0 Å². The lowest BCUT2D eigenvalue weighted by molar-refractivity contribution is 0.0270. The maximum Gasteiger partial charge on any atom is 0.410 e. The summed E-state index contributed by atoms with van der Waals surface area (Å²) in [5, 5.41) is 11.6. The third kappa shape index (κ3) is 4.83. The summed E-state index contributed by atoms with van der Waals surface area (Å²) in [4.78, 5) is 29.1. The molecule has 0 bridgehead atoms. The van der Waals surface area contributed by atoms with E-state index in [2.05, 4.69) is 15.3 Å². The molecule has 4 heterocycles. The first-order valence-electron chi connectivity index (χ1n) is 11.8. The molecule has 37 heavy (non-hydrogen) atoms. The van der Waals surface area contributed by atoms with Crippen molar-refractivity contribution in [2.24, 2.45) is 7.05 Å². The minimum atomic E-state index is -2.87. The number of aromatic nitrogens is 4. The molecule has 1 aromatic carbocycles. The predicted octanol–water partition coefficient (Wildman–Crippen LogP) is 4.59. The van der Waals surface area contributed by atoms with E-state index in [1.54, 1.807) is 39.7 Å². The van der Waals surface area contributed by atoms with Gasteiger partial charge >= 0.3 is 12.5 Å². The second-order valence-electron chi connectivity index (χ2n) is 9.96. The first-order valence-corrected chi connectivity index (χ1v) is 11.8. The molecule has 2 aromatic heterocycles.